The fourth-order valence-electron chi connectivity index (χ4n) is 3.57. The predicted octanol–water partition coefficient (Wildman–Crippen LogP) is 4.96. The van der Waals surface area contributed by atoms with Crippen molar-refractivity contribution in [2.24, 2.45) is 0 Å². The van der Waals surface area contributed by atoms with Crippen LogP contribution in [0.2, 0.25) is 0 Å². The van der Waals surface area contributed by atoms with Gasteiger partial charge in [-0.25, -0.2) is 4.98 Å². The number of aromatic nitrogens is 2. The highest BCUT2D eigenvalue weighted by atomic mass is 19.4. The molecule has 3 heterocycles. The van der Waals surface area contributed by atoms with Crippen molar-refractivity contribution in [3.8, 4) is 0 Å². The van der Waals surface area contributed by atoms with E-state index >= 15 is 0 Å². The number of aliphatic hydroxyl groups excluding tert-OH is 1. The monoisotopic (exact) mass is 460 g/mol. The Morgan fingerprint density at radius 3 is 2.61 bits per heavy atom. The number of carbonyl (C=O) groups excluding carboxylic acids is 1. The third-order valence-corrected chi connectivity index (χ3v) is 5.17. The predicted molar refractivity (Wildman–Crippen MR) is 120 cm³/mol. The van der Waals surface area contributed by atoms with E-state index in [4.69, 9.17) is 0 Å². The minimum atomic E-state index is -4.47. The molecule has 0 saturated heterocycles. The summed E-state index contributed by atoms with van der Waals surface area (Å²) >= 11 is 0. The Morgan fingerprint density at radius 1 is 1.15 bits per heavy atom. The molecule has 0 fully saturated rings. The zero-order valence-electron chi connectivity index (χ0n) is 18.6. The number of rotatable bonds is 5. The molecule has 33 heavy (non-hydrogen) atoms. The number of pyridine rings is 1. The van der Waals surface area contributed by atoms with Crippen molar-refractivity contribution in [2.75, 3.05) is 13.1 Å². The Balaban J connectivity index is 0.00000149. The lowest BCUT2D eigenvalue weighted by Crippen LogP contribution is -2.27. The molecule has 3 aromatic rings. The van der Waals surface area contributed by atoms with E-state index < -0.39 is 17.6 Å². The fraction of sp³-hybridized carbons (Fsp3) is 0.333. The number of halogens is 3. The van der Waals surface area contributed by atoms with Crippen LogP contribution in [0.5, 0.6) is 0 Å². The standard InChI is InChI=1S/C22H21F3N4O2.C2H6/c23-22(24,25)17-5-6-20-27-19(14-29(20)12-17)21(31)26-9-7-18(30)13-28-10-8-15-3-1-2-4-16(15)11-28;1-2/h1-6,12-14,30H,7-11H2,(H,26,31);1-2H3/b18-13-;. The lowest BCUT2D eigenvalue weighted by molar-refractivity contribution is -0.137. The van der Waals surface area contributed by atoms with Gasteiger partial charge >= 0.3 is 6.18 Å². The van der Waals surface area contributed by atoms with Crippen molar-refractivity contribution in [1.29, 1.82) is 0 Å². The molecule has 2 aromatic heterocycles. The second-order valence-corrected chi connectivity index (χ2v) is 7.42. The van der Waals surface area contributed by atoms with E-state index in [1.54, 1.807) is 6.20 Å². The maximum absolute atomic E-state index is 12.8. The highest BCUT2D eigenvalue weighted by molar-refractivity contribution is 5.92. The molecule has 1 aliphatic heterocycles. The zero-order valence-corrected chi connectivity index (χ0v) is 18.6. The van der Waals surface area contributed by atoms with Crippen molar-refractivity contribution in [3.05, 3.63) is 83.1 Å². The maximum atomic E-state index is 12.8. The Bertz CT molecular complexity index is 1140. The van der Waals surface area contributed by atoms with Crippen LogP contribution in [-0.2, 0) is 19.1 Å². The first-order valence-electron chi connectivity index (χ1n) is 10.8. The molecule has 0 saturated carbocycles. The average molecular weight is 461 g/mol. The number of nitrogens with zero attached hydrogens (tertiary/aromatic N) is 3. The van der Waals surface area contributed by atoms with Crippen LogP contribution in [-0.4, -0.2) is 38.4 Å². The molecule has 1 aromatic carbocycles. The summed E-state index contributed by atoms with van der Waals surface area (Å²) in [7, 11) is 0. The molecule has 1 amide bonds. The van der Waals surface area contributed by atoms with Crippen LogP contribution < -0.4 is 5.32 Å². The van der Waals surface area contributed by atoms with Gasteiger partial charge in [-0.15, -0.1) is 0 Å². The second kappa shape index (κ2) is 10.4. The molecule has 0 bridgehead atoms. The molecule has 1 aliphatic rings. The summed E-state index contributed by atoms with van der Waals surface area (Å²) < 4.78 is 39.6. The van der Waals surface area contributed by atoms with E-state index in [0.717, 1.165) is 25.2 Å². The Labute approximate surface area is 190 Å². The summed E-state index contributed by atoms with van der Waals surface area (Å²) in [5.41, 5.74) is 1.97. The smallest absolute Gasteiger partial charge is 0.417 e. The summed E-state index contributed by atoms with van der Waals surface area (Å²) in [6, 6.07) is 10.3. The summed E-state index contributed by atoms with van der Waals surface area (Å²) in [4.78, 5) is 18.4. The maximum Gasteiger partial charge on any atom is 0.417 e. The molecule has 0 spiro atoms. The van der Waals surface area contributed by atoms with Gasteiger partial charge in [0.05, 0.1) is 5.56 Å². The van der Waals surface area contributed by atoms with Crippen LogP contribution in [0.25, 0.3) is 5.65 Å². The largest absolute Gasteiger partial charge is 0.511 e. The lowest BCUT2D eigenvalue weighted by atomic mass is 10.0. The molecule has 0 unspecified atom stereocenters. The number of benzene rings is 1. The van der Waals surface area contributed by atoms with Gasteiger partial charge < -0.3 is 19.7 Å². The van der Waals surface area contributed by atoms with E-state index in [1.807, 2.05) is 30.9 Å². The third kappa shape index (κ3) is 6.06. The lowest BCUT2D eigenvalue weighted by Gasteiger charge is -2.27. The molecular formula is C24H27F3N4O2. The van der Waals surface area contributed by atoms with Crippen LogP contribution in [0.15, 0.2) is 60.8 Å². The van der Waals surface area contributed by atoms with Crippen molar-refractivity contribution in [2.45, 2.75) is 39.4 Å². The summed E-state index contributed by atoms with van der Waals surface area (Å²) in [6.45, 7) is 5.69. The molecule has 2 N–H and O–H groups in total. The number of imidazole rings is 1. The van der Waals surface area contributed by atoms with Gasteiger partial charge in [-0.2, -0.15) is 13.2 Å². The van der Waals surface area contributed by atoms with Gasteiger partial charge in [-0.1, -0.05) is 38.1 Å². The van der Waals surface area contributed by atoms with E-state index in [9.17, 15) is 23.1 Å². The first-order valence-corrected chi connectivity index (χ1v) is 10.8. The topological polar surface area (TPSA) is 69.9 Å². The molecule has 6 nitrogen and oxygen atoms in total. The van der Waals surface area contributed by atoms with Gasteiger partial charge in [0, 0.05) is 44.6 Å². The zero-order chi connectivity index (χ0) is 24.0. The van der Waals surface area contributed by atoms with Crippen LogP contribution in [0, 0.1) is 0 Å². The van der Waals surface area contributed by atoms with Crippen molar-refractivity contribution in [3.63, 3.8) is 0 Å². The quantitative estimate of drug-likeness (QED) is 0.529. The van der Waals surface area contributed by atoms with Crippen LogP contribution in [0.1, 0.15) is 47.4 Å². The minimum Gasteiger partial charge on any atom is -0.511 e. The highest BCUT2D eigenvalue weighted by Gasteiger charge is 2.31. The number of hydrogen-bond donors (Lipinski definition) is 2. The number of nitrogens with one attached hydrogen (secondary N) is 1. The number of hydrogen-bond acceptors (Lipinski definition) is 4. The number of fused-ring (bicyclic) bond motifs is 2. The van der Waals surface area contributed by atoms with E-state index in [1.165, 1.54) is 27.8 Å². The van der Waals surface area contributed by atoms with Gasteiger partial charge in [0.25, 0.3) is 5.91 Å². The molecule has 9 heteroatoms. The average Bonchev–Trinajstić information content (AvgIpc) is 3.23. The SMILES string of the molecule is CC.O=C(NCC/C(O)=C/N1CCc2ccccc2C1)c1cn2cc(C(F)(F)F)ccc2n1. The van der Waals surface area contributed by atoms with E-state index in [-0.39, 0.29) is 30.1 Å². The van der Waals surface area contributed by atoms with E-state index in [0.29, 0.717) is 6.54 Å². The molecule has 0 radical (unpaired) electrons. The molecular weight excluding hydrogens is 433 g/mol. The highest BCUT2D eigenvalue weighted by Crippen LogP contribution is 2.29. The minimum absolute atomic E-state index is 0.00966. The fourth-order valence-corrected chi connectivity index (χ4v) is 3.57. The van der Waals surface area contributed by atoms with Gasteiger partial charge in [-0.05, 0) is 29.7 Å². The van der Waals surface area contributed by atoms with Gasteiger partial charge in [0.1, 0.15) is 17.1 Å². The Kier molecular flexibility index (Phi) is 7.63. The molecule has 0 atom stereocenters. The summed E-state index contributed by atoms with van der Waals surface area (Å²) in [5, 5.41) is 12.8. The van der Waals surface area contributed by atoms with Crippen molar-refractivity contribution >= 4 is 11.6 Å². The molecule has 0 aliphatic carbocycles. The third-order valence-electron chi connectivity index (χ3n) is 5.17. The van der Waals surface area contributed by atoms with Crippen molar-refractivity contribution in [1.82, 2.24) is 19.6 Å². The molecule has 176 valence electrons. The van der Waals surface area contributed by atoms with Crippen LogP contribution in [0.4, 0.5) is 13.2 Å². The van der Waals surface area contributed by atoms with Crippen molar-refractivity contribution < 1.29 is 23.1 Å². The number of amides is 1. The normalized spacial score (nSPS) is 13.8. The van der Waals surface area contributed by atoms with Crippen LogP contribution in [0.3, 0.4) is 0 Å². The Hall–Kier alpha value is -3.49. The van der Waals surface area contributed by atoms with Gasteiger partial charge in [-0.3, -0.25) is 4.79 Å². The first kappa shape index (κ1) is 24.2. The number of aliphatic hydroxyl groups is 1. The van der Waals surface area contributed by atoms with Gasteiger partial charge in [0.2, 0.25) is 0 Å². The summed E-state index contributed by atoms with van der Waals surface area (Å²) in [5.74, 6) is -0.374. The summed E-state index contributed by atoms with van der Waals surface area (Å²) in [6.07, 6.45) is 0.494. The van der Waals surface area contributed by atoms with Crippen LogP contribution >= 0.6 is 0 Å². The van der Waals surface area contributed by atoms with Gasteiger partial charge in [0.15, 0.2) is 0 Å². The number of alkyl halides is 3. The van der Waals surface area contributed by atoms with E-state index in [2.05, 4.69) is 22.4 Å². The second-order valence-electron chi connectivity index (χ2n) is 7.42. The Morgan fingerprint density at radius 2 is 1.88 bits per heavy atom. The number of carbonyl (C=O) groups is 1. The first-order chi connectivity index (χ1) is 15.8. The molecule has 4 rings (SSSR count).